The number of nitriles is 1. The number of hydrogen-bond donors (Lipinski definition) is 1. The maximum Gasteiger partial charge on any atom is 0.387 e. The van der Waals surface area contributed by atoms with E-state index in [1.54, 1.807) is 30.5 Å². The van der Waals surface area contributed by atoms with E-state index in [1.807, 2.05) is 0 Å². The minimum atomic E-state index is -3.13. The van der Waals surface area contributed by atoms with Gasteiger partial charge in [0.2, 0.25) is 0 Å². The number of halogens is 2. The van der Waals surface area contributed by atoms with E-state index in [4.69, 9.17) is 14.6 Å². The first-order valence-electron chi connectivity index (χ1n) is 9.54. The average molecular weight is 445 g/mol. The van der Waals surface area contributed by atoms with Gasteiger partial charge in [0.05, 0.1) is 48.9 Å². The Morgan fingerprint density at radius 1 is 1.28 bits per heavy atom. The lowest BCUT2D eigenvalue weighted by molar-refractivity contribution is -0.0501. The summed E-state index contributed by atoms with van der Waals surface area (Å²) in [5.41, 5.74) is 0.890. The Bertz CT molecular complexity index is 1180. The van der Waals surface area contributed by atoms with Gasteiger partial charge in [-0.1, -0.05) is 0 Å². The summed E-state index contributed by atoms with van der Waals surface area (Å²) in [6, 6.07) is 6.70. The smallest absolute Gasteiger partial charge is 0.387 e. The van der Waals surface area contributed by atoms with Crippen LogP contribution in [-0.2, 0) is 5.41 Å². The molecule has 0 bridgehead atoms. The highest BCUT2D eigenvalue weighted by Gasteiger charge is 2.26. The largest absolute Gasteiger partial charge is 0.496 e. The first-order chi connectivity index (χ1) is 15.2. The molecule has 2 heterocycles. The van der Waals surface area contributed by atoms with Crippen LogP contribution in [0.2, 0.25) is 0 Å². The van der Waals surface area contributed by atoms with Crippen LogP contribution in [-0.4, -0.2) is 47.7 Å². The first kappa shape index (κ1) is 23.0. The third-order valence-corrected chi connectivity index (χ3v) is 4.87. The molecule has 1 aromatic carbocycles. The zero-order chi connectivity index (χ0) is 23.5. The third kappa shape index (κ3) is 4.33. The molecule has 2 aromatic heterocycles. The number of aliphatic hydroxyl groups is 1. The van der Waals surface area contributed by atoms with Crippen LogP contribution in [0.25, 0.3) is 16.9 Å². The molecule has 0 radical (unpaired) electrons. The fraction of sp³-hybridized carbons (Fsp3) is 0.318. The van der Waals surface area contributed by atoms with E-state index in [-0.39, 0.29) is 30.3 Å². The number of carbonyl (C=O) groups excluding carboxylic acids is 1. The lowest BCUT2D eigenvalue weighted by Gasteiger charge is -2.21. The van der Waals surface area contributed by atoms with E-state index in [0.29, 0.717) is 34.5 Å². The average Bonchev–Trinajstić information content (AvgIpc) is 3.18. The second kappa shape index (κ2) is 9.20. The zero-order valence-electron chi connectivity index (χ0n) is 17.6. The monoisotopic (exact) mass is 445 g/mol. The quantitative estimate of drug-likeness (QED) is 0.502. The van der Waals surface area contributed by atoms with Crippen LogP contribution in [0.15, 0.2) is 30.6 Å². The van der Waals surface area contributed by atoms with Crippen molar-refractivity contribution >= 4 is 11.9 Å². The number of pyridine rings is 1. The van der Waals surface area contributed by atoms with Gasteiger partial charge in [0.25, 0.3) is 0 Å². The number of imidazole rings is 1. The van der Waals surface area contributed by atoms with E-state index >= 15 is 0 Å². The molecule has 0 fully saturated rings. The molecule has 0 atom stereocenters. The summed E-state index contributed by atoms with van der Waals surface area (Å²) in [5.74, 6) is 0.0817. The molecule has 0 aliphatic rings. The predicted octanol–water partition coefficient (Wildman–Crippen LogP) is 3.60. The molecule has 0 saturated carbocycles. The number of aliphatic hydroxyl groups excluding tert-OH is 1. The van der Waals surface area contributed by atoms with Gasteiger partial charge in [-0.3, -0.25) is 9.20 Å². The van der Waals surface area contributed by atoms with Gasteiger partial charge in [0.15, 0.2) is 6.29 Å². The number of benzene rings is 1. The molecule has 32 heavy (non-hydrogen) atoms. The summed E-state index contributed by atoms with van der Waals surface area (Å²) in [5, 5.41) is 18.7. The van der Waals surface area contributed by atoms with Crippen molar-refractivity contribution in [2.24, 2.45) is 0 Å². The minimum absolute atomic E-state index is 0.0122. The molecule has 10 heteroatoms. The minimum Gasteiger partial charge on any atom is -0.496 e. The molecule has 168 valence electrons. The van der Waals surface area contributed by atoms with Crippen molar-refractivity contribution in [1.82, 2.24) is 9.38 Å². The van der Waals surface area contributed by atoms with Crippen molar-refractivity contribution in [3.63, 3.8) is 0 Å². The maximum atomic E-state index is 12.9. The molecule has 0 spiro atoms. The van der Waals surface area contributed by atoms with Gasteiger partial charge in [0.1, 0.15) is 29.5 Å². The second-order valence-electron chi connectivity index (χ2n) is 7.32. The number of ether oxygens (including phenoxy) is 3. The number of rotatable bonds is 9. The lowest BCUT2D eigenvalue weighted by atomic mass is 9.86. The molecule has 3 aromatic rings. The van der Waals surface area contributed by atoms with Gasteiger partial charge in [-0.25, -0.2) is 4.98 Å². The molecule has 3 rings (SSSR count). The molecule has 0 saturated heterocycles. The summed E-state index contributed by atoms with van der Waals surface area (Å²) in [7, 11) is 1.31. The van der Waals surface area contributed by atoms with Crippen LogP contribution in [0, 0.1) is 11.3 Å². The highest BCUT2D eigenvalue weighted by atomic mass is 19.3. The van der Waals surface area contributed by atoms with Crippen LogP contribution < -0.4 is 14.2 Å². The number of nitrogens with zero attached hydrogens (tertiary/aromatic N) is 3. The van der Waals surface area contributed by atoms with Gasteiger partial charge in [-0.2, -0.15) is 14.0 Å². The topological polar surface area (TPSA) is 106 Å². The van der Waals surface area contributed by atoms with Crippen molar-refractivity contribution < 1.29 is 32.9 Å². The normalized spacial score (nSPS) is 11.4. The van der Waals surface area contributed by atoms with Gasteiger partial charge < -0.3 is 19.3 Å². The Kier molecular flexibility index (Phi) is 6.60. The Hall–Kier alpha value is -3.71. The summed E-state index contributed by atoms with van der Waals surface area (Å²) in [6.45, 7) is 0.111. The van der Waals surface area contributed by atoms with E-state index in [2.05, 4.69) is 15.8 Å². The molecular formula is C22H21F2N3O5. The fourth-order valence-electron chi connectivity index (χ4n) is 3.26. The lowest BCUT2D eigenvalue weighted by Crippen LogP contribution is -2.17. The number of carbonyl (C=O) groups is 1. The molecule has 0 aliphatic carbocycles. The molecule has 0 unspecified atom stereocenters. The van der Waals surface area contributed by atoms with Gasteiger partial charge >= 0.3 is 6.61 Å². The van der Waals surface area contributed by atoms with Crippen molar-refractivity contribution in [2.45, 2.75) is 25.9 Å². The zero-order valence-corrected chi connectivity index (χ0v) is 17.6. The van der Waals surface area contributed by atoms with Crippen molar-refractivity contribution in [1.29, 1.82) is 5.26 Å². The molecule has 0 aliphatic heterocycles. The number of hydrogen-bond acceptors (Lipinski definition) is 7. The van der Waals surface area contributed by atoms with Crippen molar-refractivity contribution in [3.8, 4) is 34.6 Å². The van der Waals surface area contributed by atoms with Gasteiger partial charge in [-0.15, -0.1) is 0 Å². The number of methoxy groups -OCH3 is 1. The Balaban J connectivity index is 2.24. The number of aldehydes is 1. The SMILES string of the molecule is COc1cc(-c2cnc3cc(C(C)(C)C#N)c(OCCO)cn23)cc(OC(F)F)c1C=O. The van der Waals surface area contributed by atoms with Gasteiger partial charge in [0, 0.05) is 11.1 Å². The molecular weight excluding hydrogens is 424 g/mol. The predicted molar refractivity (Wildman–Crippen MR) is 110 cm³/mol. The van der Waals surface area contributed by atoms with Crippen LogP contribution >= 0.6 is 0 Å². The highest BCUT2D eigenvalue weighted by Crippen LogP contribution is 2.37. The standard InChI is InChI=1S/C22H21F2N3O5/c1-22(2,12-25)15-8-20-26-9-16(27(20)10-19(15)31-5-4-28)13-6-17(30-3)14(11-29)18(7-13)32-21(23)24/h6-11,21,28H,4-5H2,1-3H3. The van der Waals surface area contributed by atoms with Crippen LogP contribution in [0.5, 0.6) is 17.2 Å². The first-order valence-corrected chi connectivity index (χ1v) is 9.54. The van der Waals surface area contributed by atoms with Gasteiger partial charge in [-0.05, 0) is 32.0 Å². The molecule has 8 nitrogen and oxygen atoms in total. The fourth-order valence-corrected chi connectivity index (χ4v) is 3.26. The summed E-state index contributed by atoms with van der Waals surface area (Å²) in [4.78, 5) is 15.8. The second-order valence-corrected chi connectivity index (χ2v) is 7.32. The van der Waals surface area contributed by atoms with Crippen molar-refractivity contribution in [3.05, 3.63) is 41.7 Å². The van der Waals surface area contributed by atoms with E-state index in [9.17, 15) is 18.8 Å². The molecule has 0 amide bonds. The Morgan fingerprint density at radius 3 is 2.59 bits per heavy atom. The highest BCUT2D eigenvalue weighted by molar-refractivity contribution is 5.86. The number of aromatic nitrogens is 2. The number of fused-ring (bicyclic) bond motifs is 1. The third-order valence-electron chi connectivity index (χ3n) is 4.87. The summed E-state index contributed by atoms with van der Waals surface area (Å²) >= 11 is 0. The maximum absolute atomic E-state index is 12.9. The van der Waals surface area contributed by atoms with Crippen LogP contribution in [0.1, 0.15) is 29.8 Å². The van der Waals surface area contributed by atoms with Crippen molar-refractivity contribution in [2.75, 3.05) is 20.3 Å². The molecule has 1 N–H and O–H groups in total. The Morgan fingerprint density at radius 2 is 2.00 bits per heavy atom. The number of alkyl halides is 2. The van der Waals surface area contributed by atoms with E-state index in [1.165, 1.54) is 25.4 Å². The van der Waals surface area contributed by atoms with E-state index < -0.39 is 12.0 Å². The Labute approximate surface area is 182 Å². The summed E-state index contributed by atoms with van der Waals surface area (Å²) in [6.07, 6.45) is 3.50. The van der Waals surface area contributed by atoms with Crippen LogP contribution in [0.4, 0.5) is 8.78 Å². The van der Waals surface area contributed by atoms with Crippen LogP contribution in [0.3, 0.4) is 0 Å². The van der Waals surface area contributed by atoms with E-state index in [0.717, 1.165) is 0 Å². The summed E-state index contributed by atoms with van der Waals surface area (Å²) < 4.78 is 42.8.